The standard InChI is InChI=1S/C19H24N2O4S/c1-14-6-9-16(13-18(14)21-26(3,23)24)19(22)20-12-4-5-15-7-10-17(25-2)11-8-15/h6-11,13,21H,4-5,12H2,1-3H3,(H,20,22). The van der Waals surface area contributed by atoms with Crippen molar-refractivity contribution in [2.75, 3.05) is 24.6 Å². The number of aryl methyl sites for hydroxylation is 2. The Morgan fingerprint density at radius 2 is 1.81 bits per heavy atom. The molecule has 6 nitrogen and oxygen atoms in total. The highest BCUT2D eigenvalue weighted by Gasteiger charge is 2.10. The van der Waals surface area contributed by atoms with Gasteiger partial charge in [0.1, 0.15) is 5.75 Å². The molecule has 7 heteroatoms. The van der Waals surface area contributed by atoms with Gasteiger partial charge in [0, 0.05) is 12.1 Å². The molecule has 0 aliphatic rings. The van der Waals surface area contributed by atoms with Gasteiger partial charge in [0.15, 0.2) is 0 Å². The number of benzene rings is 2. The molecule has 0 unspecified atom stereocenters. The van der Waals surface area contributed by atoms with Crippen molar-refractivity contribution in [2.24, 2.45) is 0 Å². The Bertz CT molecular complexity index is 862. The van der Waals surface area contributed by atoms with Gasteiger partial charge in [-0.3, -0.25) is 9.52 Å². The highest BCUT2D eigenvalue weighted by Crippen LogP contribution is 2.18. The molecule has 2 aromatic rings. The van der Waals surface area contributed by atoms with Gasteiger partial charge in [0.25, 0.3) is 5.91 Å². The van der Waals surface area contributed by atoms with E-state index in [0.717, 1.165) is 30.4 Å². The summed E-state index contributed by atoms with van der Waals surface area (Å²) in [5.74, 6) is 0.594. The maximum absolute atomic E-state index is 12.3. The molecule has 0 bridgehead atoms. The lowest BCUT2D eigenvalue weighted by molar-refractivity contribution is 0.0953. The lowest BCUT2D eigenvalue weighted by atomic mass is 10.1. The van der Waals surface area contributed by atoms with Gasteiger partial charge >= 0.3 is 0 Å². The van der Waals surface area contributed by atoms with Crippen LogP contribution in [-0.4, -0.2) is 34.2 Å². The van der Waals surface area contributed by atoms with Crippen molar-refractivity contribution in [2.45, 2.75) is 19.8 Å². The van der Waals surface area contributed by atoms with E-state index < -0.39 is 10.0 Å². The third-order valence-corrected chi connectivity index (χ3v) is 4.47. The molecule has 140 valence electrons. The van der Waals surface area contributed by atoms with Gasteiger partial charge in [-0.1, -0.05) is 18.2 Å². The van der Waals surface area contributed by atoms with Gasteiger partial charge in [-0.25, -0.2) is 8.42 Å². The van der Waals surface area contributed by atoms with E-state index in [-0.39, 0.29) is 5.91 Å². The molecule has 2 aromatic carbocycles. The van der Waals surface area contributed by atoms with E-state index in [1.54, 1.807) is 32.2 Å². The third kappa shape index (κ3) is 6.07. The Morgan fingerprint density at radius 3 is 2.42 bits per heavy atom. The second-order valence-corrected chi connectivity index (χ2v) is 7.86. The number of amides is 1. The fourth-order valence-electron chi connectivity index (χ4n) is 2.46. The number of carbonyl (C=O) groups excluding carboxylic acids is 1. The SMILES string of the molecule is COc1ccc(CCCNC(=O)c2ccc(C)c(NS(C)(=O)=O)c2)cc1. The number of hydrogen-bond donors (Lipinski definition) is 2. The lowest BCUT2D eigenvalue weighted by Crippen LogP contribution is -2.25. The molecule has 0 atom stereocenters. The Kier molecular flexibility index (Phi) is 6.63. The Balaban J connectivity index is 1.88. The smallest absolute Gasteiger partial charge is 0.251 e. The molecule has 2 rings (SSSR count). The molecule has 1 amide bonds. The van der Waals surface area contributed by atoms with Gasteiger partial charge in [-0.2, -0.15) is 0 Å². The summed E-state index contributed by atoms with van der Waals surface area (Å²) in [6.45, 7) is 2.32. The second-order valence-electron chi connectivity index (χ2n) is 6.11. The molecular formula is C19H24N2O4S. The summed E-state index contributed by atoms with van der Waals surface area (Å²) < 4.78 is 30.3. The van der Waals surface area contributed by atoms with E-state index in [0.29, 0.717) is 17.8 Å². The molecule has 0 aliphatic heterocycles. The van der Waals surface area contributed by atoms with Crippen LogP contribution >= 0.6 is 0 Å². The number of anilines is 1. The first-order valence-electron chi connectivity index (χ1n) is 8.28. The predicted octanol–water partition coefficient (Wildman–Crippen LogP) is 2.74. The van der Waals surface area contributed by atoms with Crippen molar-refractivity contribution in [1.82, 2.24) is 5.32 Å². The van der Waals surface area contributed by atoms with Crippen LogP contribution in [0.3, 0.4) is 0 Å². The molecule has 0 radical (unpaired) electrons. The van der Waals surface area contributed by atoms with Crippen LogP contribution < -0.4 is 14.8 Å². The van der Waals surface area contributed by atoms with E-state index in [9.17, 15) is 13.2 Å². The molecule has 2 N–H and O–H groups in total. The van der Waals surface area contributed by atoms with Gasteiger partial charge in [-0.15, -0.1) is 0 Å². The summed E-state index contributed by atoms with van der Waals surface area (Å²) in [7, 11) is -1.76. The maximum atomic E-state index is 12.3. The number of ether oxygens (including phenoxy) is 1. The maximum Gasteiger partial charge on any atom is 0.251 e. The molecule has 0 spiro atoms. The van der Waals surface area contributed by atoms with Crippen molar-refractivity contribution in [1.29, 1.82) is 0 Å². The molecule has 0 aliphatic carbocycles. The Morgan fingerprint density at radius 1 is 1.12 bits per heavy atom. The van der Waals surface area contributed by atoms with E-state index >= 15 is 0 Å². The van der Waals surface area contributed by atoms with E-state index in [2.05, 4.69) is 10.0 Å². The average Bonchev–Trinajstić information content (AvgIpc) is 2.59. The first-order chi connectivity index (χ1) is 12.3. The normalized spacial score (nSPS) is 11.0. The van der Waals surface area contributed by atoms with Gasteiger partial charge in [0.2, 0.25) is 10.0 Å². The first-order valence-corrected chi connectivity index (χ1v) is 10.2. The molecule has 26 heavy (non-hydrogen) atoms. The molecule has 0 heterocycles. The number of rotatable bonds is 8. The fraction of sp³-hybridized carbons (Fsp3) is 0.316. The van der Waals surface area contributed by atoms with Crippen molar-refractivity contribution >= 4 is 21.6 Å². The van der Waals surface area contributed by atoms with E-state index in [1.165, 1.54) is 5.56 Å². The zero-order valence-corrected chi connectivity index (χ0v) is 16.0. The van der Waals surface area contributed by atoms with E-state index in [4.69, 9.17) is 4.74 Å². The summed E-state index contributed by atoms with van der Waals surface area (Å²) in [5.41, 5.74) is 2.77. The summed E-state index contributed by atoms with van der Waals surface area (Å²) >= 11 is 0. The monoisotopic (exact) mass is 376 g/mol. The predicted molar refractivity (Wildman–Crippen MR) is 103 cm³/mol. The van der Waals surface area contributed by atoms with Crippen LogP contribution in [-0.2, 0) is 16.4 Å². The van der Waals surface area contributed by atoms with Crippen LogP contribution in [0.25, 0.3) is 0 Å². The van der Waals surface area contributed by atoms with Crippen LogP contribution in [0.15, 0.2) is 42.5 Å². The quantitative estimate of drug-likeness (QED) is 0.694. The highest BCUT2D eigenvalue weighted by atomic mass is 32.2. The molecular weight excluding hydrogens is 352 g/mol. The lowest BCUT2D eigenvalue weighted by Gasteiger charge is -2.10. The van der Waals surface area contributed by atoms with Crippen LogP contribution in [0.4, 0.5) is 5.69 Å². The summed E-state index contributed by atoms with van der Waals surface area (Å²) in [6, 6.07) is 12.8. The molecule has 0 aromatic heterocycles. The topological polar surface area (TPSA) is 84.5 Å². The first kappa shape index (κ1) is 19.8. The minimum atomic E-state index is -3.39. The minimum Gasteiger partial charge on any atom is -0.497 e. The summed E-state index contributed by atoms with van der Waals surface area (Å²) in [5, 5.41) is 2.86. The largest absolute Gasteiger partial charge is 0.497 e. The fourth-order valence-corrected chi connectivity index (χ4v) is 3.08. The Labute approximate surface area is 154 Å². The van der Waals surface area contributed by atoms with Crippen molar-refractivity contribution in [3.63, 3.8) is 0 Å². The van der Waals surface area contributed by atoms with Crippen LogP contribution in [0, 0.1) is 6.92 Å². The summed E-state index contributed by atoms with van der Waals surface area (Å²) in [6.07, 6.45) is 2.73. The zero-order valence-electron chi connectivity index (χ0n) is 15.2. The van der Waals surface area contributed by atoms with Crippen molar-refractivity contribution in [3.05, 3.63) is 59.2 Å². The van der Waals surface area contributed by atoms with Crippen molar-refractivity contribution in [3.8, 4) is 5.75 Å². The van der Waals surface area contributed by atoms with Crippen LogP contribution in [0.1, 0.15) is 27.9 Å². The molecule has 0 fully saturated rings. The zero-order chi connectivity index (χ0) is 19.2. The van der Waals surface area contributed by atoms with Gasteiger partial charge in [-0.05, 0) is 55.2 Å². The second kappa shape index (κ2) is 8.71. The number of nitrogens with one attached hydrogen (secondary N) is 2. The third-order valence-electron chi connectivity index (χ3n) is 3.88. The highest BCUT2D eigenvalue weighted by molar-refractivity contribution is 7.92. The van der Waals surface area contributed by atoms with Crippen LogP contribution in [0.2, 0.25) is 0 Å². The number of hydrogen-bond acceptors (Lipinski definition) is 4. The number of carbonyl (C=O) groups is 1. The number of methoxy groups -OCH3 is 1. The van der Waals surface area contributed by atoms with Crippen LogP contribution in [0.5, 0.6) is 5.75 Å². The molecule has 0 saturated carbocycles. The minimum absolute atomic E-state index is 0.226. The molecule has 0 saturated heterocycles. The number of sulfonamides is 1. The summed E-state index contributed by atoms with van der Waals surface area (Å²) in [4.78, 5) is 12.3. The average molecular weight is 376 g/mol. The van der Waals surface area contributed by atoms with Gasteiger partial charge < -0.3 is 10.1 Å². The van der Waals surface area contributed by atoms with E-state index in [1.807, 2.05) is 24.3 Å². The van der Waals surface area contributed by atoms with Crippen molar-refractivity contribution < 1.29 is 17.9 Å². The Hall–Kier alpha value is -2.54. The van der Waals surface area contributed by atoms with Gasteiger partial charge in [0.05, 0.1) is 19.1 Å².